The van der Waals surface area contributed by atoms with E-state index in [1.807, 2.05) is 44.2 Å². The molecule has 0 bridgehead atoms. The molecule has 3 aromatic rings. The van der Waals surface area contributed by atoms with Crippen LogP contribution in [-0.2, 0) is 4.79 Å². The molecule has 0 radical (unpaired) electrons. The average Bonchev–Trinajstić information content (AvgIpc) is 3.00. The van der Waals surface area contributed by atoms with Gasteiger partial charge in [0.1, 0.15) is 6.04 Å². The van der Waals surface area contributed by atoms with E-state index >= 15 is 0 Å². The Morgan fingerprint density at radius 3 is 2.25 bits per heavy atom. The number of nitrogens with one attached hydrogen (secondary N) is 1. The molecule has 0 fully saturated rings. The van der Waals surface area contributed by atoms with E-state index in [1.54, 1.807) is 17.7 Å². The van der Waals surface area contributed by atoms with Crippen molar-refractivity contribution in [2.75, 3.05) is 5.32 Å². The van der Waals surface area contributed by atoms with E-state index in [2.05, 4.69) is 29.4 Å². The predicted octanol–water partition coefficient (Wildman–Crippen LogP) is 3.37. The highest BCUT2D eigenvalue weighted by molar-refractivity contribution is 5.93. The van der Waals surface area contributed by atoms with Crippen molar-refractivity contribution in [2.24, 2.45) is 0 Å². The second-order valence-corrected chi connectivity index (χ2v) is 7.26. The monoisotopic (exact) mass is 379 g/mol. The number of amides is 1. The number of hydrogen-bond acceptors (Lipinski definition) is 4. The molecule has 0 aliphatic rings. The molecule has 0 saturated heterocycles. The number of benzene rings is 1. The zero-order valence-corrected chi connectivity index (χ0v) is 16.8. The lowest BCUT2D eigenvalue weighted by molar-refractivity contribution is -0.119. The summed E-state index contributed by atoms with van der Waals surface area (Å²) in [6.07, 6.45) is 0. The second kappa shape index (κ2) is 7.80. The molecule has 0 aliphatic heterocycles. The summed E-state index contributed by atoms with van der Waals surface area (Å²) in [5, 5.41) is 11.6. The van der Waals surface area contributed by atoms with Crippen LogP contribution in [0, 0.1) is 13.8 Å². The Bertz CT molecular complexity index is 1050. The van der Waals surface area contributed by atoms with Crippen LogP contribution in [0.1, 0.15) is 49.7 Å². The molecule has 7 nitrogen and oxygen atoms in total. The zero-order valence-electron chi connectivity index (χ0n) is 16.8. The molecule has 28 heavy (non-hydrogen) atoms. The first-order chi connectivity index (χ1) is 13.3. The molecule has 2 heterocycles. The van der Waals surface area contributed by atoms with Gasteiger partial charge in [0, 0.05) is 17.4 Å². The molecule has 1 unspecified atom stereocenters. The van der Waals surface area contributed by atoms with Crippen molar-refractivity contribution in [1.29, 1.82) is 0 Å². The molecule has 7 heteroatoms. The summed E-state index contributed by atoms with van der Waals surface area (Å²) >= 11 is 0. The maximum atomic E-state index is 12.7. The van der Waals surface area contributed by atoms with Gasteiger partial charge >= 0.3 is 0 Å². The van der Waals surface area contributed by atoms with Crippen molar-refractivity contribution in [3.8, 4) is 5.82 Å². The Morgan fingerprint density at radius 1 is 1.00 bits per heavy atom. The minimum absolute atomic E-state index is 0.308. The number of carbonyl (C=O) groups excluding carboxylic acids is 1. The molecular formula is C21H25N5O2. The van der Waals surface area contributed by atoms with Gasteiger partial charge in [-0.2, -0.15) is 5.10 Å². The normalized spacial score (nSPS) is 12.2. The fourth-order valence-electron chi connectivity index (χ4n) is 2.98. The largest absolute Gasteiger partial charge is 0.324 e. The van der Waals surface area contributed by atoms with Crippen molar-refractivity contribution in [3.63, 3.8) is 0 Å². The lowest BCUT2D eigenvalue weighted by atomic mass is 10.0. The summed E-state index contributed by atoms with van der Waals surface area (Å²) in [7, 11) is 0. The van der Waals surface area contributed by atoms with Crippen molar-refractivity contribution in [1.82, 2.24) is 19.6 Å². The lowest BCUT2D eigenvalue weighted by Gasteiger charge is -2.15. The molecule has 3 rings (SSSR count). The fourth-order valence-corrected chi connectivity index (χ4v) is 2.98. The minimum atomic E-state index is -0.769. The summed E-state index contributed by atoms with van der Waals surface area (Å²) in [6, 6.07) is 11.9. The summed E-state index contributed by atoms with van der Waals surface area (Å²) < 4.78 is 2.84. The van der Waals surface area contributed by atoms with Crippen LogP contribution in [0.3, 0.4) is 0 Å². The molecular weight excluding hydrogens is 354 g/mol. The van der Waals surface area contributed by atoms with Crippen molar-refractivity contribution in [3.05, 3.63) is 69.8 Å². The van der Waals surface area contributed by atoms with Gasteiger partial charge in [-0.05, 0) is 56.5 Å². The third kappa shape index (κ3) is 4.03. The van der Waals surface area contributed by atoms with Crippen molar-refractivity contribution < 1.29 is 4.79 Å². The standard InChI is InChI=1S/C21H25N5O2/c1-13(2)17-6-8-18(9-7-17)22-21(28)16(5)26-20(27)11-10-19(24-26)25-15(4)12-14(3)23-25/h6-13,16H,1-5H3,(H,22,28). The predicted molar refractivity (Wildman–Crippen MR) is 109 cm³/mol. The quantitative estimate of drug-likeness (QED) is 0.737. The van der Waals surface area contributed by atoms with Crippen molar-refractivity contribution >= 4 is 11.6 Å². The van der Waals surface area contributed by atoms with E-state index in [0.717, 1.165) is 11.4 Å². The lowest BCUT2D eigenvalue weighted by Crippen LogP contribution is -2.33. The number of aryl methyl sites for hydroxylation is 2. The fraction of sp³-hybridized carbons (Fsp3) is 0.333. The minimum Gasteiger partial charge on any atom is -0.324 e. The number of carbonyl (C=O) groups is 1. The Labute approximate surface area is 164 Å². The molecule has 0 saturated carbocycles. The summed E-state index contributed by atoms with van der Waals surface area (Å²) in [4.78, 5) is 25.0. The number of hydrogen-bond donors (Lipinski definition) is 1. The number of anilines is 1. The van der Waals surface area contributed by atoms with Crippen LogP contribution < -0.4 is 10.9 Å². The van der Waals surface area contributed by atoms with Crippen LogP contribution in [0.4, 0.5) is 5.69 Å². The van der Waals surface area contributed by atoms with E-state index in [-0.39, 0.29) is 11.5 Å². The van der Waals surface area contributed by atoms with Crippen LogP contribution in [-0.4, -0.2) is 25.5 Å². The molecule has 0 aliphatic carbocycles. The maximum absolute atomic E-state index is 12.7. The maximum Gasteiger partial charge on any atom is 0.267 e. The smallest absolute Gasteiger partial charge is 0.267 e. The van der Waals surface area contributed by atoms with Crippen LogP contribution in [0.2, 0.25) is 0 Å². The highest BCUT2D eigenvalue weighted by Crippen LogP contribution is 2.18. The first-order valence-electron chi connectivity index (χ1n) is 9.30. The molecule has 1 N–H and O–H groups in total. The van der Waals surface area contributed by atoms with Crippen LogP contribution in [0.25, 0.3) is 5.82 Å². The van der Waals surface area contributed by atoms with Gasteiger partial charge in [-0.15, -0.1) is 5.10 Å². The number of aromatic nitrogens is 4. The van der Waals surface area contributed by atoms with Crippen molar-refractivity contribution in [2.45, 2.75) is 46.6 Å². The average molecular weight is 379 g/mol. The van der Waals surface area contributed by atoms with Gasteiger partial charge in [0.2, 0.25) is 5.91 Å². The van der Waals surface area contributed by atoms with E-state index in [4.69, 9.17) is 0 Å². The first kappa shape index (κ1) is 19.5. The SMILES string of the molecule is Cc1cc(C)n(-c2ccc(=O)n(C(C)C(=O)Nc3ccc(C(C)C)cc3)n2)n1. The summed E-state index contributed by atoms with van der Waals surface area (Å²) in [5.74, 6) is 0.604. The molecule has 146 valence electrons. The van der Waals surface area contributed by atoms with E-state index in [1.165, 1.54) is 16.3 Å². The number of rotatable bonds is 5. The zero-order chi connectivity index (χ0) is 20.4. The van der Waals surface area contributed by atoms with Crippen LogP contribution in [0.15, 0.2) is 47.3 Å². The molecule has 1 atom stereocenters. The van der Waals surface area contributed by atoms with Gasteiger partial charge < -0.3 is 5.32 Å². The molecule has 1 amide bonds. The highest BCUT2D eigenvalue weighted by Gasteiger charge is 2.19. The molecule has 0 spiro atoms. The van der Waals surface area contributed by atoms with Crippen LogP contribution in [0.5, 0.6) is 0 Å². The van der Waals surface area contributed by atoms with Gasteiger partial charge in [-0.1, -0.05) is 26.0 Å². The first-order valence-corrected chi connectivity index (χ1v) is 9.30. The van der Waals surface area contributed by atoms with Gasteiger partial charge in [-0.3, -0.25) is 9.59 Å². The van der Waals surface area contributed by atoms with Gasteiger partial charge in [0.15, 0.2) is 5.82 Å². The Hall–Kier alpha value is -3.22. The topological polar surface area (TPSA) is 81.8 Å². The van der Waals surface area contributed by atoms with Gasteiger partial charge in [0.05, 0.1) is 5.69 Å². The Morgan fingerprint density at radius 2 is 1.68 bits per heavy atom. The van der Waals surface area contributed by atoms with Gasteiger partial charge in [0.25, 0.3) is 5.56 Å². The van der Waals surface area contributed by atoms with E-state index < -0.39 is 6.04 Å². The third-order valence-electron chi connectivity index (χ3n) is 4.63. The Balaban J connectivity index is 1.84. The van der Waals surface area contributed by atoms with Gasteiger partial charge in [-0.25, -0.2) is 9.36 Å². The van der Waals surface area contributed by atoms with E-state index in [9.17, 15) is 9.59 Å². The number of nitrogens with zero attached hydrogens (tertiary/aromatic N) is 4. The highest BCUT2D eigenvalue weighted by atomic mass is 16.2. The van der Waals surface area contributed by atoms with E-state index in [0.29, 0.717) is 17.4 Å². The summed E-state index contributed by atoms with van der Waals surface area (Å²) in [5.41, 5.74) is 3.29. The van der Waals surface area contributed by atoms with Crippen LogP contribution >= 0.6 is 0 Å². The second-order valence-electron chi connectivity index (χ2n) is 7.26. The third-order valence-corrected chi connectivity index (χ3v) is 4.63. The molecule has 2 aromatic heterocycles. The molecule has 1 aromatic carbocycles. The summed E-state index contributed by atoms with van der Waals surface area (Å²) in [6.45, 7) is 9.68. The Kier molecular flexibility index (Phi) is 5.44.